The van der Waals surface area contributed by atoms with Gasteiger partial charge in [-0.2, -0.15) is 0 Å². The minimum Gasteiger partial charge on any atom is -0.376 e. The predicted octanol–water partition coefficient (Wildman–Crippen LogP) is 1.61. The average Bonchev–Trinajstić information content (AvgIpc) is 3.03. The molecule has 0 spiro atoms. The molecular weight excluding hydrogens is 326 g/mol. The maximum atomic E-state index is 12.7. The molecule has 0 aromatic heterocycles. The Morgan fingerprint density at radius 3 is 3.00 bits per heavy atom. The quantitative estimate of drug-likeness (QED) is 0.511. The first kappa shape index (κ1) is 16.7. The van der Waals surface area contributed by atoms with Crippen molar-refractivity contribution in [1.29, 1.82) is 0 Å². The largest absolute Gasteiger partial charge is 0.376 e. The van der Waals surface area contributed by atoms with Crippen LogP contribution in [-0.2, 0) is 14.3 Å². The number of anilines is 1. The Balaban J connectivity index is 1.76. The summed E-state index contributed by atoms with van der Waals surface area (Å²) >= 11 is 5.17. The van der Waals surface area contributed by atoms with E-state index in [4.69, 9.17) is 17.0 Å². The Morgan fingerprint density at radius 2 is 2.29 bits per heavy atom. The fourth-order valence-corrected chi connectivity index (χ4v) is 3.10. The summed E-state index contributed by atoms with van der Waals surface area (Å²) < 4.78 is 5.49. The number of thiocarbonyl (C=S) groups is 1. The summed E-state index contributed by atoms with van der Waals surface area (Å²) in [6.07, 6.45) is 3.47. The van der Waals surface area contributed by atoms with E-state index >= 15 is 0 Å². The molecule has 126 valence electrons. The SMILES string of the molecule is Cc1cccc(N2C(=O)[C@@H](C=NC[C@@H]3CCCO3)C(=O)NC2=S)c1. The van der Waals surface area contributed by atoms with Crippen molar-refractivity contribution in [2.75, 3.05) is 18.1 Å². The molecule has 2 saturated heterocycles. The van der Waals surface area contributed by atoms with Crippen molar-refractivity contribution in [3.8, 4) is 0 Å². The molecule has 6 nitrogen and oxygen atoms in total. The second-order valence-electron chi connectivity index (χ2n) is 5.93. The van der Waals surface area contributed by atoms with E-state index in [9.17, 15) is 9.59 Å². The lowest BCUT2D eigenvalue weighted by Gasteiger charge is -2.31. The van der Waals surface area contributed by atoms with Gasteiger partial charge in [0.1, 0.15) is 0 Å². The molecule has 0 aliphatic carbocycles. The third-order valence-corrected chi connectivity index (χ3v) is 4.33. The first-order valence-corrected chi connectivity index (χ1v) is 8.34. The second kappa shape index (κ2) is 7.19. The lowest BCUT2D eigenvalue weighted by molar-refractivity contribution is -0.130. The number of nitrogens with zero attached hydrogens (tertiary/aromatic N) is 2. The fourth-order valence-electron chi connectivity index (χ4n) is 2.81. The number of hydrogen-bond acceptors (Lipinski definition) is 5. The van der Waals surface area contributed by atoms with Crippen molar-refractivity contribution in [2.24, 2.45) is 10.9 Å². The van der Waals surface area contributed by atoms with E-state index in [0.717, 1.165) is 25.0 Å². The molecule has 2 atom stereocenters. The van der Waals surface area contributed by atoms with Gasteiger partial charge in [-0.1, -0.05) is 12.1 Å². The number of amides is 2. The van der Waals surface area contributed by atoms with Crippen LogP contribution < -0.4 is 10.2 Å². The summed E-state index contributed by atoms with van der Waals surface area (Å²) in [6.45, 7) is 3.14. The summed E-state index contributed by atoms with van der Waals surface area (Å²) in [4.78, 5) is 30.5. The lowest BCUT2D eigenvalue weighted by Crippen LogP contribution is -2.58. The van der Waals surface area contributed by atoms with E-state index < -0.39 is 11.8 Å². The monoisotopic (exact) mass is 345 g/mol. The summed E-state index contributed by atoms with van der Waals surface area (Å²) in [5.74, 6) is -1.80. The highest BCUT2D eigenvalue weighted by Gasteiger charge is 2.38. The van der Waals surface area contributed by atoms with Gasteiger partial charge in [-0.05, 0) is 49.7 Å². The minimum atomic E-state index is -0.974. The summed E-state index contributed by atoms with van der Waals surface area (Å²) in [5, 5.41) is 2.68. The van der Waals surface area contributed by atoms with Crippen LogP contribution in [0.4, 0.5) is 5.69 Å². The van der Waals surface area contributed by atoms with E-state index in [1.165, 1.54) is 11.1 Å². The molecular formula is C17H19N3O3S. The van der Waals surface area contributed by atoms with Crippen LogP contribution in [0.5, 0.6) is 0 Å². The highest BCUT2D eigenvalue weighted by atomic mass is 32.1. The number of ether oxygens (including phenoxy) is 1. The molecule has 3 rings (SSSR count). The summed E-state index contributed by atoms with van der Waals surface area (Å²) in [6, 6.07) is 7.41. The van der Waals surface area contributed by atoms with Crippen molar-refractivity contribution < 1.29 is 14.3 Å². The van der Waals surface area contributed by atoms with Gasteiger partial charge in [0, 0.05) is 12.8 Å². The van der Waals surface area contributed by atoms with Crippen molar-refractivity contribution >= 4 is 41.0 Å². The smallest absolute Gasteiger partial charge is 0.251 e. The third kappa shape index (κ3) is 3.52. The molecule has 0 radical (unpaired) electrons. The molecule has 0 bridgehead atoms. The number of aliphatic imine (C=N–C) groups is 1. The van der Waals surface area contributed by atoms with Gasteiger partial charge < -0.3 is 10.1 Å². The van der Waals surface area contributed by atoms with Crippen molar-refractivity contribution in [1.82, 2.24) is 5.32 Å². The van der Waals surface area contributed by atoms with Crippen LogP contribution in [-0.4, -0.2) is 42.4 Å². The molecule has 2 aliphatic heterocycles. The lowest BCUT2D eigenvalue weighted by atomic mass is 10.1. The zero-order valence-corrected chi connectivity index (χ0v) is 14.2. The van der Waals surface area contributed by atoms with Gasteiger partial charge in [-0.3, -0.25) is 19.5 Å². The molecule has 7 heteroatoms. The molecule has 2 heterocycles. The van der Waals surface area contributed by atoms with Crippen LogP contribution in [0.1, 0.15) is 18.4 Å². The summed E-state index contributed by atoms with van der Waals surface area (Å²) in [5.41, 5.74) is 1.64. The number of rotatable bonds is 4. The van der Waals surface area contributed by atoms with Crippen LogP contribution in [0.25, 0.3) is 0 Å². The van der Waals surface area contributed by atoms with Crippen LogP contribution >= 0.6 is 12.2 Å². The molecule has 2 amide bonds. The van der Waals surface area contributed by atoms with E-state index in [2.05, 4.69) is 10.3 Å². The standard InChI is InChI=1S/C17H19N3O3S/c1-11-4-2-5-12(8-11)20-16(22)14(15(21)19-17(20)24)10-18-9-13-6-3-7-23-13/h2,4-5,8,10,13-14H,3,6-7,9H2,1H3,(H,19,21,24)/t13-,14-/m0/s1. The second-order valence-corrected chi connectivity index (χ2v) is 6.32. The zero-order valence-electron chi connectivity index (χ0n) is 13.4. The maximum absolute atomic E-state index is 12.7. The first-order chi connectivity index (χ1) is 11.6. The van der Waals surface area contributed by atoms with Crippen LogP contribution in [0, 0.1) is 12.8 Å². The van der Waals surface area contributed by atoms with Gasteiger partial charge in [0.05, 0.1) is 18.3 Å². The van der Waals surface area contributed by atoms with E-state index in [0.29, 0.717) is 12.2 Å². The Labute approximate surface area is 145 Å². The van der Waals surface area contributed by atoms with Gasteiger partial charge >= 0.3 is 0 Å². The van der Waals surface area contributed by atoms with Gasteiger partial charge in [0.2, 0.25) is 5.91 Å². The molecule has 2 fully saturated rings. The van der Waals surface area contributed by atoms with Crippen molar-refractivity contribution in [2.45, 2.75) is 25.9 Å². The van der Waals surface area contributed by atoms with E-state index in [1.54, 1.807) is 6.07 Å². The molecule has 1 aromatic rings. The number of hydrogen-bond donors (Lipinski definition) is 1. The Morgan fingerprint density at radius 1 is 1.46 bits per heavy atom. The molecule has 24 heavy (non-hydrogen) atoms. The van der Waals surface area contributed by atoms with E-state index in [1.807, 2.05) is 25.1 Å². The topological polar surface area (TPSA) is 71.0 Å². The molecule has 0 saturated carbocycles. The van der Waals surface area contributed by atoms with Crippen LogP contribution in [0.3, 0.4) is 0 Å². The van der Waals surface area contributed by atoms with Gasteiger partial charge in [0.15, 0.2) is 11.0 Å². The van der Waals surface area contributed by atoms with Crippen molar-refractivity contribution in [3.63, 3.8) is 0 Å². The number of carbonyl (C=O) groups excluding carboxylic acids is 2. The van der Waals surface area contributed by atoms with Crippen LogP contribution in [0.15, 0.2) is 29.3 Å². The first-order valence-electron chi connectivity index (χ1n) is 7.93. The Hall–Kier alpha value is -2.12. The highest BCUT2D eigenvalue weighted by molar-refractivity contribution is 7.80. The number of benzene rings is 1. The Bertz CT molecular complexity index is 698. The number of nitrogens with one attached hydrogen (secondary N) is 1. The van der Waals surface area contributed by atoms with Crippen molar-refractivity contribution in [3.05, 3.63) is 29.8 Å². The summed E-state index contributed by atoms with van der Waals surface area (Å²) in [7, 11) is 0. The maximum Gasteiger partial charge on any atom is 0.251 e. The van der Waals surface area contributed by atoms with Gasteiger partial charge in [0.25, 0.3) is 5.91 Å². The predicted molar refractivity (Wildman–Crippen MR) is 95.2 cm³/mol. The molecule has 2 aliphatic rings. The molecule has 0 unspecified atom stereocenters. The number of carbonyl (C=O) groups is 2. The zero-order chi connectivity index (χ0) is 17.1. The number of aryl methyl sites for hydroxylation is 1. The van der Waals surface area contributed by atoms with Gasteiger partial charge in [-0.25, -0.2) is 0 Å². The molecule has 1 N–H and O–H groups in total. The third-order valence-electron chi connectivity index (χ3n) is 4.05. The van der Waals surface area contributed by atoms with Gasteiger partial charge in [-0.15, -0.1) is 0 Å². The highest BCUT2D eigenvalue weighted by Crippen LogP contribution is 2.21. The normalized spacial score (nSPS) is 24.7. The Kier molecular flexibility index (Phi) is 5.01. The molecule has 1 aromatic carbocycles. The minimum absolute atomic E-state index is 0.0805. The fraction of sp³-hybridized carbons (Fsp3) is 0.412. The van der Waals surface area contributed by atoms with Crippen LogP contribution in [0.2, 0.25) is 0 Å². The van der Waals surface area contributed by atoms with E-state index in [-0.39, 0.29) is 17.1 Å². The average molecular weight is 345 g/mol.